The minimum absolute atomic E-state index is 0.200. The van der Waals surface area contributed by atoms with Gasteiger partial charge in [0.25, 0.3) is 11.1 Å². The third-order valence-electron chi connectivity index (χ3n) is 9.62. The molecule has 202 valence electrons. The highest BCUT2D eigenvalue weighted by Gasteiger charge is 2.32. The second-order valence-corrected chi connectivity index (χ2v) is 24.3. The molecule has 0 aliphatic carbocycles. The molecule has 0 spiro atoms. The standard InChI is InChI=1S/C36H33NO2Si2/c1-18-9-12-21(15-19(18)2)37-35(38)33-24-16-26(40(3,4)5)22-13-10-20-11-14-23-27(41(6,7)8)17-25(34(33)36(37)39)32-30(23)28(20)29(22)31(24)32/h9-17H,1-8H3. The van der Waals surface area contributed by atoms with Crippen molar-refractivity contribution in [3.8, 4) is 5.69 Å². The highest BCUT2D eigenvalue weighted by Crippen LogP contribution is 2.49. The lowest BCUT2D eigenvalue weighted by atomic mass is 9.95. The van der Waals surface area contributed by atoms with E-state index >= 15 is 0 Å². The summed E-state index contributed by atoms with van der Waals surface area (Å²) in [6.07, 6.45) is 0. The second kappa shape index (κ2) is 7.52. The van der Waals surface area contributed by atoms with Crippen LogP contribution < -0.4 is 21.5 Å². The molecule has 3 nitrogen and oxygen atoms in total. The Morgan fingerprint density at radius 2 is 0.951 bits per heavy atom. The van der Waals surface area contributed by atoms with Gasteiger partial charge in [-0.05, 0) is 91.0 Å². The molecule has 0 saturated carbocycles. The Morgan fingerprint density at radius 3 is 1.39 bits per heavy atom. The predicted octanol–water partition coefficient (Wildman–Crippen LogP) is 7.58. The summed E-state index contributed by atoms with van der Waals surface area (Å²) >= 11 is 0. The van der Waals surface area contributed by atoms with E-state index in [9.17, 15) is 9.59 Å². The van der Waals surface area contributed by atoms with Gasteiger partial charge in [0.05, 0.1) is 32.6 Å². The zero-order chi connectivity index (χ0) is 28.9. The third-order valence-corrected chi connectivity index (χ3v) is 13.7. The molecule has 5 heteroatoms. The van der Waals surface area contributed by atoms with E-state index in [1.165, 1.54) is 47.3 Å². The fourth-order valence-corrected chi connectivity index (χ4v) is 10.7. The molecular weight excluding hydrogens is 535 g/mol. The van der Waals surface area contributed by atoms with Crippen molar-refractivity contribution >= 4 is 91.2 Å². The molecule has 0 fully saturated rings. The number of aromatic nitrogens is 1. The molecule has 0 bridgehead atoms. The van der Waals surface area contributed by atoms with Gasteiger partial charge in [0.1, 0.15) is 0 Å². The molecule has 0 atom stereocenters. The van der Waals surface area contributed by atoms with Crippen molar-refractivity contribution < 1.29 is 0 Å². The Balaban J connectivity index is 1.75. The first-order valence-electron chi connectivity index (χ1n) is 14.5. The van der Waals surface area contributed by atoms with Crippen molar-refractivity contribution in [3.05, 3.63) is 86.4 Å². The van der Waals surface area contributed by atoms with Crippen LogP contribution in [-0.2, 0) is 0 Å². The molecule has 8 rings (SSSR count). The first-order valence-corrected chi connectivity index (χ1v) is 21.5. The number of hydrogen-bond donors (Lipinski definition) is 0. The van der Waals surface area contributed by atoms with Crippen molar-refractivity contribution in [1.82, 2.24) is 4.57 Å². The molecule has 0 radical (unpaired) electrons. The topological polar surface area (TPSA) is 39.1 Å². The molecule has 1 aromatic heterocycles. The monoisotopic (exact) mass is 567 g/mol. The zero-order valence-electron chi connectivity index (χ0n) is 25.0. The first kappa shape index (κ1) is 24.9. The van der Waals surface area contributed by atoms with E-state index in [2.05, 4.69) is 82.6 Å². The van der Waals surface area contributed by atoms with Gasteiger partial charge in [-0.25, -0.2) is 4.57 Å². The van der Waals surface area contributed by atoms with Crippen LogP contribution in [0.2, 0.25) is 39.3 Å². The summed E-state index contributed by atoms with van der Waals surface area (Å²) in [5.41, 5.74) is 2.46. The van der Waals surface area contributed by atoms with E-state index in [4.69, 9.17) is 0 Å². The lowest BCUT2D eigenvalue weighted by Crippen LogP contribution is -2.38. The minimum atomic E-state index is -1.82. The largest absolute Gasteiger partial charge is 0.268 e. The van der Waals surface area contributed by atoms with Gasteiger partial charge in [-0.3, -0.25) is 9.59 Å². The summed E-state index contributed by atoms with van der Waals surface area (Å²) in [6, 6.07) is 19.6. The highest BCUT2D eigenvalue weighted by molar-refractivity contribution is 6.91. The maximum absolute atomic E-state index is 14.5. The first-order chi connectivity index (χ1) is 19.3. The Labute approximate surface area is 240 Å². The molecule has 0 aliphatic heterocycles. The summed E-state index contributed by atoms with van der Waals surface area (Å²) < 4.78 is 1.43. The summed E-state index contributed by atoms with van der Waals surface area (Å²) in [5, 5.41) is 15.8. The molecular formula is C36H33NO2Si2. The fraction of sp³-hybridized carbons (Fsp3) is 0.222. The van der Waals surface area contributed by atoms with Gasteiger partial charge in [-0.15, -0.1) is 0 Å². The predicted molar refractivity (Wildman–Crippen MR) is 184 cm³/mol. The van der Waals surface area contributed by atoms with Crippen LogP contribution in [-0.4, -0.2) is 20.7 Å². The molecule has 0 unspecified atom stereocenters. The van der Waals surface area contributed by atoms with Crippen molar-refractivity contribution in [2.75, 3.05) is 0 Å². The SMILES string of the molecule is Cc1ccc(-n2c(=O)c3c4cc([Si](C)(C)C)c5ccc6ccc7c([Si](C)(C)C)cc(c3c2=O)c2c7c6c5c42)cc1C. The van der Waals surface area contributed by atoms with Gasteiger partial charge >= 0.3 is 0 Å². The normalized spacial score (nSPS) is 13.6. The summed E-state index contributed by atoms with van der Waals surface area (Å²) in [7, 11) is -3.64. The average molecular weight is 568 g/mol. The van der Waals surface area contributed by atoms with Crippen molar-refractivity contribution in [3.63, 3.8) is 0 Å². The van der Waals surface area contributed by atoms with Gasteiger partial charge in [0.2, 0.25) is 0 Å². The van der Waals surface area contributed by atoms with Crippen LogP contribution in [0, 0.1) is 13.8 Å². The van der Waals surface area contributed by atoms with Crippen LogP contribution in [0.25, 0.3) is 70.3 Å². The molecule has 0 aliphatic rings. The van der Waals surface area contributed by atoms with Crippen LogP contribution in [0.5, 0.6) is 0 Å². The van der Waals surface area contributed by atoms with Crippen LogP contribution in [0.15, 0.2) is 64.2 Å². The van der Waals surface area contributed by atoms with Crippen molar-refractivity contribution in [1.29, 1.82) is 0 Å². The molecule has 0 saturated heterocycles. The number of fused-ring (bicyclic) bond motifs is 3. The smallest absolute Gasteiger partial charge is 0.266 e. The number of hydrogen-bond acceptors (Lipinski definition) is 2. The lowest BCUT2D eigenvalue weighted by molar-refractivity contribution is 0.987. The second-order valence-electron chi connectivity index (χ2n) is 14.2. The van der Waals surface area contributed by atoms with Crippen molar-refractivity contribution in [2.45, 2.75) is 53.1 Å². The van der Waals surface area contributed by atoms with Gasteiger partial charge in [0.15, 0.2) is 0 Å². The quantitative estimate of drug-likeness (QED) is 0.163. The van der Waals surface area contributed by atoms with E-state index in [-0.39, 0.29) is 11.1 Å². The Bertz CT molecular complexity index is 2350. The van der Waals surface area contributed by atoms with Gasteiger partial charge < -0.3 is 0 Å². The maximum Gasteiger partial charge on any atom is 0.266 e. The van der Waals surface area contributed by atoms with Crippen LogP contribution in [0.1, 0.15) is 11.1 Å². The lowest BCUT2D eigenvalue weighted by Gasteiger charge is -2.21. The molecule has 8 aromatic rings. The van der Waals surface area contributed by atoms with E-state index in [1.807, 2.05) is 25.1 Å². The molecule has 0 amide bonds. The van der Waals surface area contributed by atoms with Crippen molar-refractivity contribution in [2.24, 2.45) is 0 Å². The zero-order valence-corrected chi connectivity index (χ0v) is 27.0. The minimum Gasteiger partial charge on any atom is -0.268 e. The number of rotatable bonds is 3. The molecule has 1 heterocycles. The molecule has 7 aromatic carbocycles. The Kier molecular flexibility index (Phi) is 4.58. The van der Waals surface area contributed by atoms with E-state index < -0.39 is 16.1 Å². The highest BCUT2D eigenvalue weighted by atomic mass is 28.3. The summed E-state index contributed by atoms with van der Waals surface area (Å²) in [5.74, 6) is 0. The van der Waals surface area contributed by atoms with Crippen LogP contribution >= 0.6 is 0 Å². The molecule has 0 N–H and O–H groups in total. The summed E-state index contributed by atoms with van der Waals surface area (Å²) in [4.78, 5) is 29.0. The Hall–Kier alpha value is -3.81. The van der Waals surface area contributed by atoms with E-state index in [0.717, 1.165) is 32.7 Å². The van der Waals surface area contributed by atoms with Gasteiger partial charge in [0, 0.05) is 0 Å². The van der Waals surface area contributed by atoms with Gasteiger partial charge in [-0.2, -0.15) is 0 Å². The summed E-state index contributed by atoms with van der Waals surface area (Å²) in [6.45, 7) is 18.3. The number of nitrogens with zero attached hydrogens (tertiary/aromatic N) is 1. The van der Waals surface area contributed by atoms with E-state index in [0.29, 0.717) is 16.5 Å². The maximum atomic E-state index is 14.5. The Morgan fingerprint density at radius 1 is 0.488 bits per heavy atom. The van der Waals surface area contributed by atoms with Crippen LogP contribution in [0.4, 0.5) is 0 Å². The van der Waals surface area contributed by atoms with E-state index in [1.54, 1.807) is 0 Å². The van der Waals surface area contributed by atoms with Gasteiger partial charge in [-0.1, -0.05) is 92.1 Å². The number of benzene rings is 6. The molecule has 41 heavy (non-hydrogen) atoms. The fourth-order valence-electron chi connectivity index (χ4n) is 7.53. The van der Waals surface area contributed by atoms with Crippen LogP contribution in [0.3, 0.4) is 0 Å². The third kappa shape index (κ3) is 2.98. The number of aryl methyl sites for hydroxylation is 2. The average Bonchev–Trinajstić information content (AvgIpc) is 3.39.